The SMILES string of the molecule is CC(C)c1ccc(C2(C#N)CC(=O)C2)cc1. The van der Waals surface area contributed by atoms with Gasteiger partial charge in [-0.1, -0.05) is 38.1 Å². The van der Waals surface area contributed by atoms with Crippen LogP contribution >= 0.6 is 0 Å². The van der Waals surface area contributed by atoms with Crippen molar-refractivity contribution in [1.29, 1.82) is 5.26 Å². The molecule has 1 fully saturated rings. The van der Waals surface area contributed by atoms with Crippen LogP contribution in [0.4, 0.5) is 0 Å². The van der Waals surface area contributed by atoms with Gasteiger partial charge in [0.05, 0.1) is 11.5 Å². The lowest BCUT2D eigenvalue weighted by Gasteiger charge is -2.34. The lowest BCUT2D eigenvalue weighted by molar-refractivity contribution is -0.126. The largest absolute Gasteiger partial charge is 0.300 e. The van der Waals surface area contributed by atoms with Gasteiger partial charge < -0.3 is 0 Å². The molecule has 0 unspecified atom stereocenters. The van der Waals surface area contributed by atoms with Crippen LogP contribution in [0.15, 0.2) is 24.3 Å². The third-order valence-corrected chi connectivity index (χ3v) is 3.34. The maximum Gasteiger partial charge on any atom is 0.136 e. The Balaban J connectivity index is 2.28. The molecule has 1 aromatic carbocycles. The predicted octanol–water partition coefficient (Wildman–Crippen LogP) is 2.93. The summed E-state index contributed by atoms with van der Waals surface area (Å²) < 4.78 is 0. The summed E-state index contributed by atoms with van der Waals surface area (Å²) in [6.45, 7) is 4.28. The van der Waals surface area contributed by atoms with Crippen LogP contribution in [0.1, 0.15) is 43.7 Å². The Labute approximate surface area is 95.9 Å². The van der Waals surface area contributed by atoms with E-state index in [-0.39, 0.29) is 5.78 Å². The Morgan fingerprint density at radius 2 is 1.81 bits per heavy atom. The number of nitriles is 1. The second-order valence-electron chi connectivity index (χ2n) is 4.86. The molecular formula is C14H15NO. The maximum absolute atomic E-state index is 11.1. The van der Waals surface area contributed by atoms with Crippen molar-refractivity contribution < 1.29 is 4.79 Å². The van der Waals surface area contributed by atoms with E-state index in [4.69, 9.17) is 0 Å². The summed E-state index contributed by atoms with van der Waals surface area (Å²) >= 11 is 0. The summed E-state index contributed by atoms with van der Waals surface area (Å²) in [6.07, 6.45) is 0.759. The Hall–Kier alpha value is -1.62. The van der Waals surface area contributed by atoms with Crippen LogP contribution in [0.3, 0.4) is 0 Å². The summed E-state index contributed by atoms with van der Waals surface area (Å²) in [7, 11) is 0. The summed E-state index contributed by atoms with van der Waals surface area (Å²) in [6, 6.07) is 10.4. The Bertz CT molecular complexity index is 443. The molecule has 16 heavy (non-hydrogen) atoms. The first-order valence-electron chi connectivity index (χ1n) is 5.61. The van der Waals surface area contributed by atoms with Gasteiger partial charge in [0.25, 0.3) is 0 Å². The zero-order chi connectivity index (χ0) is 11.8. The van der Waals surface area contributed by atoms with Crippen LogP contribution in [-0.4, -0.2) is 5.78 Å². The van der Waals surface area contributed by atoms with E-state index in [0.717, 1.165) is 5.56 Å². The van der Waals surface area contributed by atoms with Crippen LogP contribution in [0.5, 0.6) is 0 Å². The highest BCUT2D eigenvalue weighted by molar-refractivity contribution is 5.90. The lowest BCUT2D eigenvalue weighted by Crippen LogP contribution is -2.40. The zero-order valence-electron chi connectivity index (χ0n) is 9.66. The average molecular weight is 213 g/mol. The van der Waals surface area contributed by atoms with Crippen molar-refractivity contribution in [2.75, 3.05) is 0 Å². The van der Waals surface area contributed by atoms with Crippen LogP contribution in [0.25, 0.3) is 0 Å². The molecule has 0 aliphatic heterocycles. The van der Waals surface area contributed by atoms with E-state index in [0.29, 0.717) is 18.8 Å². The Morgan fingerprint density at radius 3 is 2.19 bits per heavy atom. The molecule has 0 N–H and O–H groups in total. The molecule has 82 valence electrons. The molecule has 2 nitrogen and oxygen atoms in total. The molecule has 0 aromatic heterocycles. The molecule has 2 heteroatoms. The molecule has 0 bridgehead atoms. The molecular weight excluding hydrogens is 198 g/mol. The van der Waals surface area contributed by atoms with Crippen molar-refractivity contribution in [1.82, 2.24) is 0 Å². The number of carbonyl (C=O) groups excluding carboxylic acids is 1. The first-order chi connectivity index (χ1) is 7.57. The van der Waals surface area contributed by atoms with Crippen molar-refractivity contribution in [3.63, 3.8) is 0 Å². The molecule has 0 saturated heterocycles. The molecule has 0 amide bonds. The second kappa shape index (κ2) is 3.75. The van der Waals surface area contributed by atoms with E-state index in [1.54, 1.807) is 0 Å². The normalized spacial score (nSPS) is 18.0. The predicted molar refractivity (Wildman–Crippen MR) is 62.1 cm³/mol. The van der Waals surface area contributed by atoms with Crippen LogP contribution < -0.4 is 0 Å². The highest BCUT2D eigenvalue weighted by Gasteiger charge is 2.45. The minimum Gasteiger partial charge on any atom is -0.300 e. The van der Waals surface area contributed by atoms with Gasteiger partial charge >= 0.3 is 0 Å². The number of hydrogen-bond donors (Lipinski definition) is 0. The van der Waals surface area contributed by atoms with E-state index in [1.165, 1.54) is 5.56 Å². The van der Waals surface area contributed by atoms with Gasteiger partial charge in [-0.3, -0.25) is 4.79 Å². The Kier molecular flexibility index (Phi) is 2.55. The fraction of sp³-hybridized carbons (Fsp3) is 0.429. The van der Waals surface area contributed by atoms with Gasteiger partial charge in [-0.2, -0.15) is 5.26 Å². The number of ketones is 1. The van der Waals surface area contributed by atoms with Gasteiger partial charge in [-0.15, -0.1) is 0 Å². The molecule has 1 aliphatic rings. The Morgan fingerprint density at radius 1 is 1.25 bits per heavy atom. The topological polar surface area (TPSA) is 40.9 Å². The van der Waals surface area contributed by atoms with Crippen LogP contribution in [0, 0.1) is 11.3 Å². The van der Waals surface area contributed by atoms with Crippen molar-refractivity contribution in [3.8, 4) is 6.07 Å². The molecule has 0 radical (unpaired) electrons. The molecule has 2 rings (SSSR count). The molecule has 0 spiro atoms. The fourth-order valence-corrected chi connectivity index (χ4v) is 2.16. The number of rotatable bonds is 2. The summed E-state index contributed by atoms with van der Waals surface area (Å²) in [4.78, 5) is 11.1. The fourth-order valence-electron chi connectivity index (χ4n) is 2.16. The van der Waals surface area contributed by atoms with Gasteiger partial charge in [0.2, 0.25) is 0 Å². The quantitative estimate of drug-likeness (QED) is 0.757. The van der Waals surface area contributed by atoms with E-state index in [2.05, 4.69) is 32.0 Å². The van der Waals surface area contributed by atoms with Gasteiger partial charge in [0, 0.05) is 12.8 Å². The van der Waals surface area contributed by atoms with E-state index in [9.17, 15) is 10.1 Å². The smallest absolute Gasteiger partial charge is 0.136 e. The molecule has 1 aromatic rings. The first-order valence-corrected chi connectivity index (χ1v) is 5.61. The monoisotopic (exact) mass is 213 g/mol. The van der Waals surface area contributed by atoms with Crippen LogP contribution in [-0.2, 0) is 10.2 Å². The third-order valence-electron chi connectivity index (χ3n) is 3.34. The van der Waals surface area contributed by atoms with E-state index in [1.807, 2.05) is 12.1 Å². The van der Waals surface area contributed by atoms with E-state index >= 15 is 0 Å². The van der Waals surface area contributed by atoms with Crippen molar-refractivity contribution in [2.45, 2.75) is 38.0 Å². The molecule has 1 aliphatic carbocycles. The number of nitrogens with zero attached hydrogens (tertiary/aromatic N) is 1. The number of Topliss-reactive ketones (excluding diaryl/α,β-unsaturated/α-hetero) is 1. The van der Waals surface area contributed by atoms with Gasteiger partial charge in [-0.25, -0.2) is 0 Å². The minimum absolute atomic E-state index is 0.189. The highest BCUT2D eigenvalue weighted by Crippen LogP contribution is 2.40. The van der Waals surface area contributed by atoms with Crippen molar-refractivity contribution in [2.24, 2.45) is 0 Å². The molecule has 0 heterocycles. The number of benzene rings is 1. The van der Waals surface area contributed by atoms with Gasteiger partial charge in [0.15, 0.2) is 0 Å². The molecule has 1 saturated carbocycles. The summed E-state index contributed by atoms with van der Waals surface area (Å²) in [5.74, 6) is 0.685. The van der Waals surface area contributed by atoms with Gasteiger partial charge in [0.1, 0.15) is 5.78 Å². The van der Waals surface area contributed by atoms with E-state index < -0.39 is 5.41 Å². The maximum atomic E-state index is 11.1. The highest BCUT2D eigenvalue weighted by atomic mass is 16.1. The lowest BCUT2D eigenvalue weighted by atomic mass is 9.64. The summed E-state index contributed by atoms with van der Waals surface area (Å²) in [5.41, 5.74) is 1.72. The second-order valence-corrected chi connectivity index (χ2v) is 4.86. The standard InChI is InChI=1S/C14H15NO/c1-10(2)11-3-5-12(6-4-11)14(9-15)7-13(16)8-14/h3-6,10H,7-8H2,1-2H3. The first kappa shape index (κ1) is 10.9. The van der Waals surface area contributed by atoms with Crippen LogP contribution in [0.2, 0.25) is 0 Å². The van der Waals surface area contributed by atoms with Crippen molar-refractivity contribution in [3.05, 3.63) is 35.4 Å². The molecule has 0 atom stereocenters. The summed E-state index contributed by atoms with van der Waals surface area (Å²) in [5, 5.41) is 9.18. The number of carbonyl (C=O) groups is 1. The number of hydrogen-bond acceptors (Lipinski definition) is 2. The van der Waals surface area contributed by atoms with Gasteiger partial charge in [-0.05, 0) is 17.0 Å². The average Bonchev–Trinajstić information content (AvgIpc) is 2.24. The zero-order valence-corrected chi connectivity index (χ0v) is 9.66. The minimum atomic E-state index is -0.535. The third kappa shape index (κ3) is 1.63. The van der Waals surface area contributed by atoms with Crippen molar-refractivity contribution >= 4 is 5.78 Å².